The highest BCUT2D eigenvalue weighted by molar-refractivity contribution is 7.92. The molecule has 0 aliphatic carbocycles. The van der Waals surface area contributed by atoms with Gasteiger partial charge in [-0.1, -0.05) is 29.8 Å². The van der Waals surface area contributed by atoms with E-state index >= 15 is 0 Å². The maximum Gasteiger partial charge on any atom is 0.271 e. The highest BCUT2D eigenvalue weighted by Crippen LogP contribution is 2.31. The number of nitrogens with one attached hydrogen (secondary N) is 2. The van der Waals surface area contributed by atoms with Crippen LogP contribution in [0.2, 0.25) is 5.02 Å². The van der Waals surface area contributed by atoms with Crippen LogP contribution in [-0.4, -0.2) is 26.4 Å². The van der Waals surface area contributed by atoms with Crippen molar-refractivity contribution in [3.63, 3.8) is 0 Å². The lowest BCUT2D eigenvalue weighted by molar-refractivity contribution is -0.384. The Morgan fingerprint density at radius 3 is 2.47 bits per heavy atom. The first kappa shape index (κ1) is 23.0. The molecule has 0 aliphatic heterocycles. The number of hydrogen-bond acceptors (Lipinski definition) is 6. The summed E-state index contributed by atoms with van der Waals surface area (Å²) in [6.07, 6.45) is 0. The van der Waals surface area contributed by atoms with Crippen LogP contribution in [-0.2, 0) is 16.6 Å². The summed E-state index contributed by atoms with van der Waals surface area (Å²) in [6, 6.07) is 15.9. The SMILES string of the molecule is COc1ccc([N+](=O)[O-])cc1NS(=O)(=O)c1cccc(C(=O)NCc2ccc(Cl)cc2)c1. The number of nitro benzene ring substituents is 1. The van der Waals surface area contributed by atoms with Crippen molar-refractivity contribution in [2.45, 2.75) is 11.4 Å². The van der Waals surface area contributed by atoms with Crippen LogP contribution >= 0.6 is 11.6 Å². The minimum atomic E-state index is -4.16. The molecule has 1 amide bonds. The molecule has 11 heteroatoms. The summed E-state index contributed by atoms with van der Waals surface area (Å²) in [5.41, 5.74) is 0.553. The van der Waals surface area contributed by atoms with Gasteiger partial charge in [0.25, 0.3) is 21.6 Å². The monoisotopic (exact) mass is 475 g/mol. The third-order valence-electron chi connectivity index (χ3n) is 4.41. The van der Waals surface area contributed by atoms with E-state index in [9.17, 15) is 23.3 Å². The lowest BCUT2D eigenvalue weighted by atomic mass is 10.2. The van der Waals surface area contributed by atoms with Gasteiger partial charge in [0.1, 0.15) is 5.75 Å². The molecule has 32 heavy (non-hydrogen) atoms. The molecule has 3 aromatic carbocycles. The second-order valence-electron chi connectivity index (χ2n) is 6.58. The van der Waals surface area contributed by atoms with E-state index < -0.39 is 20.9 Å². The van der Waals surface area contributed by atoms with Crippen molar-refractivity contribution < 1.29 is 22.9 Å². The van der Waals surface area contributed by atoms with Gasteiger partial charge in [0.2, 0.25) is 0 Å². The van der Waals surface area contributed by atoms with Crippen LogP contribution in [0.15, 0.2) is 71.6 Å². The number of non-ortho nitro benzene ring substituents is 1. The van der Waals surface area contributed by atoms with E-state index in [-0.39, 0.29) is 34.1 Å². The molecule has 0 heterocycles. The Labute approximate surface area is 189 Å². The number of benzene rings is 3. The van der Waals surface area contributed by atoms with Crippen LogP contribution < -0.4 is 14.8 Å². The average Bonchev–Trinajstić information content (AvgIpc) is 2.78. The van der Waals surface area contributed by atoms with Gasteiger partial charge < -0.3 is 10.1 Å². The maximum absolute atomic E-state index is 12.9. The van der Waals surface area contributed by atoms with E-state index in [1.165, 1.54) is 43.5 Å². The molecule has 3 rings (SSSR count). The summed E-state index contributed by atoms with van der Waals surface area (Å²) in [5, 5.41) is 14.3. The van der Waals surface area contributed by atoms with Gasteiger partial charge >= 0.3 is 0 Å². The number of anilines is 1. The summed E-state index contributed by atoms with van der Waals surface area (Å²) in [7, 11) is -2.85. The van der Waals surface area contributed by atoms with Gasteiger partial charge in [-0.2, -0.15) is 0 Å². The fraction of sp³-hybridized carbons (Fsp3) is 0.0952. The Morgan fingerprint density at radius 1 is 1.09 bits per heavy atom. The van der Waals surface area contributed by atoms with E-state index in [1.807, 2.05) is 0 Å². The van der Waals surface area contributed by atoms with Gasteiger partial charge in [-0.3, -0.25) is 19.6 Å². The number of nitro groups is 1. The van der Waals surface area contributed by atoms with E-state index in [2.05, 4.69) is 10.0 Å². The number of sulfonamides is 1. The molecule has 0 saturated heterocycles. The van der Waals surface area contributed by atoms with E-state index in [0.29, 0.717) is 5.02 Å². The normalized spacial score (nSPS) is 10.9. The zero-order valence-corrected chi connectivity index (χ0v) is 18.3. The lowest BCUT2D eigenvalue weighted by Gasteiger charge is -2.12. The number of halogens is 1. The predicted octanol–water partition coefficient (Wildman–Crippen LogP) is 3.99. The van der Waals surface area contributed by atoms with Crippen molar-refractivity contribution >= 4 is 38.9 Å². The Morgan fingerprint density at radius 2 is 1.81 bits per heavy atom. The third-order valence-corrected chi connectivity index (χ3v) is 6.03. The van der Waals surface area contributed by atoms with Gasteiger partial charge in [0.15, 0.2) is 0 Å². The van der Waals surface area contributed by atoms with Crippen LogP contribution in [0.4, 0.5) is 11.4 Å². The summed E-state index contributed by atoms with van der Waals surface area (Å²) in [5.74, 6) is -0.360. The number of ether oxygens (including phenoxy) is 1. The van der Waals surface area contributed by atoms with Crippen molar-refractivity contribution in [3.8, 4) is 5.75 Å². The number of carbonyl (C=O) groups excluding carboxylic acids is 1. The van der Waals surface area contributed by atoms with E-state index in [1.54, 1.807) is 24.3 Å². The number of hydrogen-bond donors (Lipinski definition) is 2. The van der Waals surface area contributed by atoms with Crippen LogP contribution in [0, 0.1) is 10.1 Å². The summed E-state index contributed by atoms with van der Waals surface area (Å²) in [4.78, 5) is 22.7. The van der Waals surface area contributed by atoms with Gasteiger partial charge in [0.05, 0.1) is 22.6 Å². The van der Waals surface area contributed by atoms with E-state index in [4.69, 9.17) is 16.3 Å². The molecule has 0 atom stereocenters. The molecule has 3 aromatic rings. The minimum absolute atomic E-state index is 0.0979. The Bertz CT molecular complexity index is 1260. The molecule has 0 aliphatic rings. The van der Waals surface area contributed by atoms with Crippen LogP contribution in [0.25, 0.3) is 0 Å². The highest BCUT2D eigenvalue weighted by Gasteiger charge is 2.20. The fourth-order valence-electron chi connectivity index (χ4n) is 2.78. The van der Waals surface area contributed by atoms with Crippen molar-refractivity contribution in [2.75, 3.05) is 11.8 Å². The third kappa shape index (κ3) is 5.54. The second-order valence-corrected chi connectivity index (χ2v) is 8.70. The number of carbonyl (C=O) groups is 1. The first-order chi connectivity index (χ1) is 15.2. The Kier molecular flexibility index (Phi) is 6.96. The highest BCUT2D eigenvalue weighted by atomic mass is 35.5. The summed E-state index contributed by atoms with van der Waals surface area (Å²) >= 11 is 5.84. The van der Waals surface area contributed by atoms with Crippen LogP contribution in [0.5, 0.6) is 5.75 Å². The van der Waals surface area contributed by atoms with Gasteiger partial charge in [0, 0.05) is 29.3 Å². The smallest absolute Gasteiger partial charge is 0.271 e. The molecular formula is C21H18ClN3O6S. The standard InChI is InChI=1S/C21H18ClN3O6S/c1-31-20-10-9-17(25(27)28)12-19(20)24-32(29,30)18-4-2-3-15(11-18)21(26)23-13-14-5-7-16(22)8-6-14/h2-12,24H,13H2,1H3,(H,23,26). The van der Waals surface area contributed by atoms with E-state index in [0.717, 1.165) is 11.6 Å². The van der Waals surface area contributed by atoms with Crippen molar-refractivity contribution in [2.24, 2.45) is 0 Å². The zero-order valence-electron chi connectivity index (χ0n) is 16.7. The number of amides is 1. The summed E-state index contributed by atoms with van der Waals surface area (Å²) < 4.78 is 33.1. The largest absolute Gasteiger partial charge is 0.495 e. The molecule has 166 valence electrons. The first-order valence-corrected chi connectivity index (χ1v) is 11.0. The van der Waals surface area contributed by atoms with Crippen LogP contribution in [0.1, 0.15) is 15.9 Å². The fourth-order valence-corrected chi connectivity index (χ4v) is 4.02. The molecule has 9 nitrogen and oxygen atoms in total. The quantitative estimate of drug-likeness (QED) is 0.374. The molecule has 0 unspecified atom stereocenters. The van der Waals surface area contributed by atoms with Crippen molar-refractivity contribution in [3.05, 3.63) is 93.0 Å². The maximum atomic E-state index is 12.9. The molecule has 0 bridgehead atoms. The molecule has 0 fully saturated rings. The predicted molar refractivity (Wildman–Crippen MR) is 120 cm³/mol. The first-order valence-electron chi connectivity index (χ1n) is 9.17. The zero-order chi connectivity index (χ0) is 23.3. The van der Waals surface area contributed by atoms with Crippen molar-refractivity contribution in [1.29, 1.82) is 0 Å². The van der Waals surface area contributed by atoms with Crippen LogP contribution in [0.3, 0.4) is 0 Å². The summed E-state index contributed by atoms with van der Waals surface area (Å²) in [6.45, 7) is 0.232. The molecule has 0 radical (unpaired) electrons. The molecule has 2 N–H and O–H groups in total. The van der Waals surface area contributed by atoms with Gasteiger partial charge in [-0.15, -0.1) is 0 Å². The minimum Gasteiger partial charge on any atom is -0.495 e. The topological polar surface area (TPSA) is 128 Å². The number of rotatable bonds is 8. The molecule has 0 saturated carbocycles. The second kappa shape index (κ2) is 9.67. The number of methoxy groups -OCH3 is 1. The van der Waals surface area contributed by atoms with Gasteiger partial charge in [-0.25, -0.2) is 8.42 Å². The van der Waals surface area contributed by atoms with Crippen molar-refractivity contribution in [1.82, 2.24) is 5.32 Å². The molecule has 0 spiro atoms. The number of nitrogens with zero attached hydrogens (tertiary/aromatic N) is 1. The Balaban J connectivity index is 1.80. The average molecular weight is 476 g/mol. The molecule has 0 aromatic heterocycles. The Hall–Kier alpha value is -3.63. The molecular weight excluding hydrogens is 458 g/mol. The van der Waals surface area contributed by atoms with Gasteiger partial charge in [-0.05, 0) is 42.0 Å². The lowest BCUT2D eigenvalue weighted by Crippen LogP contribution is -2.23.